The van der Waals surface area contributed by atoms with Crippen LogP contribution in [0.5, 0.6) is 0 Å². The lowest BCUT2D eigenvalue weighted by Crippen LogP contribution is -2.36. The first-order chi connectivity index (χ1) is 11.9. The SMILES string of the molecule is CC(C)(C)OC(=O)N1CC[C@@H](Nc2ccc(-c3ccccc3)cn2)C1. The van der Waals surface area contributed by atoms with Crippen LogP contribution in [-0.2, 0) is 4.74 Å². The van der Waals surface area contributed by atoms with Crippen LogP contribution in [0, 0.1) is 0 Å². The Morgan fingerprint density at radius 2 is 1.92 bits per heavy atom. The molecule has 2 heterocycles. The average molecular weight is 339 g/mol. The van der Waals surface area contributed by atoms with Gasteiger partial charge in [-0.05, 0) is 44.9 Å². The second-order valence-corrected chi connectivity index (χ2v) is 7.35. The van der Waals surface area contributed by atoms with Gasteiger partial charge in [0.25, 0.3) is 0 Å². The van der Waals surface area contributed by atoms with Gasteiger partial charge in [-0.15, -0.1) is 0 Å². The van der Waals surface area contributed by atoms with Gasteiger partial charge in [0.1, 0.15) is 11.4 Å². The van der Waals surface area contributed by atoms with Gasteiger partial charge in [-0.2, -0.15) is 0 Å². The van der Waals surface area contributed by atoms with Gasteiger partial charge in [0.15, 0.2) is 0 Å². The molecule has 0 spiro atoms. The summed E-state index contributed by atoms with van der Waals surface area (Å²) in [6.45, 7) is 6.99. The van der Waals surface area contributed by atoms with Gasteiger partial charge < -0.3 is 15.0 Å². The zero-order valence-electron chi connectivity index (χ0n) is 15.0. The van der Waals surface area contributed by atoms with E-state index in [0.29, 0.717) is 13.1 Å². The molecule has 3 rings (SSSR count). The zero-order chi connectivity index (χ0) is 17.9. The number of hydrogen-bond donors (Lipinski definition) is 1. The van der Waals surface area contributed by atoms with Gasteiger partial charge in [0.05, 0.1) is 0 Å². The summed E-state index contributed by atoms with van der Waals surface area (Å²) < 4.78 is 5.43. The van der Waals surface area contributed by atoms with Crippen molar-refractivity contribution in [2.24, 2.45) is 0 Å². The van der Waals surface area contributed by atoms with Gasteiger partial charge in [-0.1, -0.05) is 30.3 Å². The van der Waals surface area contributed by atoms with Crippen molar-refractivity contribution in [3.8, 4) is 11.1 Å². The van der Waals surface area contributed by atoms with Crippen LogP contribution in [0.3, 0.4) is 0 Å². The largest absolute Gasteiger partial charge is 0.444 e. The van der Waals surface area contributed by atoms with Gasteiger partial charge in [0.2, 0.25) is 0 Å². The molecule has 1 aromatic heterocycles. The summed E-state index contributed by atoms with van der Waals surface area (Å²) in [5.74, 6) is 0.829. The van der Waals surface area contributed by atoms with Crippen molar-refractivity contribution in [2.75, 3.05) is 18.4 Å². The fourth-order valence-electron chi connectivity index (χ4n) is 2.86. The molecule has 1 aliphatic heterocycles. The minimum Gasteiger partial charge on any atom is -0.444 e. The third-order valence-corrected chi connectivity index (χ3v) is 4.06. The molecule has 0 aliphatic carbocycles. The van der Waals surface area contributed by atoms with E-state index in [9.17, 15) is 4.79 Å². The summed E-state index contributed by atoms with van der Waals surface area (Å²) >= 11 is 0. The number of likely N-dealkylation sites (tertiary alicyclic amines) is 1. The molecule has 1 amide bonds. The molecule has 1 fully saturated rings. The van der Waals surface area contributed by atoms with Crippen molar-refractivity contribution in [1.29, 1.82) is 0 Å². The Labute approximate surface area is 149 Å². The van der Waals surface area contributed by atoms with Crippen molar-refractivity contribution < 1.29 is 9.53 Å². The van der Waals surface area contributed by atoms with E-state index in [1.54, 1.807) is 4.90 Å². The molecular weight excluding hydrogens is 314 g/mol. The quantitative estimate of drug-likeness (QED) is 0.912. The minimum absolute atomic E-state index is 0.197. The number of carbonyl (C=O) groups excluding carboxylic acids is 1. The summed E-state index contributed by atoms with van der Waals surface area (Å²) in [6, 6.07) is 14.4. The summed E-state index contributed by atoms with van der Waals surface area (Å²) in [7, 11) is 0. The molecule has 1 saturated heterocycles. The number of benzene rings is 1. The number of aromatic nitrogens is 1. The van der Waals surface area contributed by atoms with Crippen molar-refractivity contribution in [3.05, 3.63) is 48.7 Å². The normalized spacial score (nSPS) is 17.4. The lowest BCUT2D eigenvalue weighted by molar-refractivity contribution is 0.0293. The summed E-state index contributed by atoms with van der Waals surface area (Å²) in [5.41, 5.74) is 1.78. The van der Waals surface area contributed by atoms with E-state index in [0.717, 1.165) is 23.4 Å². The first kappa shape index (κ1) is 17.3. The van der Waals surface area contributed by atoms with E-state index in [2.05, 4.69) is 28.5 Å². The van der Waals surface area contributed by atoms with Crippen molar-refractivity contribution in [2.45, 2.75) is 38.8 Å². The van der Waals surface area contributed by atoms with E-state index in [-0.39, 0.29) is 12.1 Å². The molecule has 1 N–H and O–H groups in total. The van der Waals surface area contributed by atoms with E-state index >= 15 is 0 Å². The predicted octanol–water partition coefficient (Wildman–Crippen LogP) is 4.17. The smallest absolute Gasteiger partial charge is 0.410 e. The lowest BCUT2D eigenvalue weighted by Gasteiger charge is -2.24. The van der Waals surface area contributed by atoms with E-state index in [4.69, 9.17) is 4.74 Å². The highest BCUT2D eigenvalue weighted by atomic mass is 16.6. The Morgan fingerprint density at radius 1 is 1.16 bits per heavy atom. The fraction of sp³-hybridized carbons (Fsp3) is 0.400. The highest BCUT2D eigenvalue weighted by molar-refractivity contribution is 5.69. The second kappa shape index (κ2) is 7.13. The Morgan fingerprint density at radius 3 is 2.56 bits per heavy atom. The van der Waals surface area contributed by atoms with Gasteiger partial charge in [-0.3, -0.25) is 0 Å². The fourth-order valence-corrected chi connectivity index (χ4v) is 2.86. The van der Waals surface area contributed by atoms with Crippen LogP contribution >= 0.6 is 0 Å². The number of amides is 1. The maximum absolute atomic E-state index is 12.1. The minimum atomic E-state index is -0.461. The number of nitrogens with zero attached hydrogens (tertiary/aromatic N) is 2. The van der Waals surface area contributed by atoms with Crippen LogP contribution < -0.4 is 5.32 Å². The molecular formula is C20H25N3O2. The summed E-state index contributed by atoms with van der Waals surface area (Å²) in [5, 5.41) is 3.41. The molecule has 0 radical (unpaired) electrons. The molecule has 1 aromatic carbocycles. The molecule has 2 aromatic rings. The van der Waals surface area contributed by atoms with Crippen LogP contribution in [0.25, 0.3) is 11.1 Å². The standard InChI is InChI=1S/C20H25N3O2/c1-20(2,3)25-19(24)23-12-11-17(14-23)22-18-10-9-16(13-21-18)15-7-5-4-6-8-15/h4-10,13,17H,11-12,14H2,1-3H3,(H,21,22)/t17-/m1/s1. The second-order valence-electron chi connectivity index (χ2n) is 7.35. The lowest BCUT2D eigenvalue weighted by atomic mass is 10.1. The van der Waals surface area contributed by atoms with E-state index in [1.165, 1.54) is 0 Å². The molecule has 1 atom stereocenters. The monoisotopic (exact) mass is 339 g/mol. The Hall–Kier alpha value is -2.56. The van der Waals surface area contributed by atoms with Gasteiger partial charge in [-0.25, -0.2) is 9.78 Å². The molecule has 132 valence electrons. The number of pyridine rings is 1. The van der Waals surface area contributed by atoms with Crippen LogP contribution in [-0.4, -0.2) is 40.7 Å². The first-order valence-electron chi connectivity index (χ1n) is 8.67. The number of nitrogens with one attached hydrogen (secondary N) is 1. The van der Waals surface area contributed by atoms with Gasteiger partial charge >= 0.3 is 6.09 Å². The molecule has 5 nitrogen and oxygen atoms in total. The van der Waals surface area contributed by atoms with Crippen LogP contribution in [0.4, 0.5) is 10.6 Å². The number of hydrogen-bond acceptors (Lipinski definition) is 4. The van der Waals surface area contributed by atoms with Crippen molar-refractivity contribution >= 4 is 11.9 Å². The molecule has 25 heavy (non-hydrogen) atoms. The van der Waals surface area contributed by atoms with Crippen molar-refractivity contribution in [1.82, 2.24) is 9.88 Å². The topological polar surface area (TPSA) is 54.5 Å². The van der Waals surface area contributed by atoms with Crippen LogP contribution in [0.1, 0.15) is 27.2 Å². The Balaban J connectivity index is 1.56. The summed E-state index contributed by atoms with van der Waals surface area (Å²) in [6.07, 6.45) is 2.52. The first-order valence-corrected chi connectivity index (χ1v) is 8.67. The van der Waals surface area contributed by atoms with Crippen LogP contribution in [0.2, 0.25) is 0 Å². The number of carbonyl (C=O) groups is 1. The maximum Gasteiger partial charge on any atom is 0.410 e. The molecule has 1 aliphatic rings. The highest BCUT2D eigenvalue weighted by Crippen LogP contribution is 2.21. The number of rotatable bonds is 3. The molecule has 0 bridgehead atoms. The third-order valence-electron chi connectivity index (χ3n) is 4.06. The van der Waals surface area contributed by atoms with Crippen LogP contribution in [0.15, 0.2) is 48.7 Å². The predicted molar refractivity (Wildman–Crippen MR) is 99.5 cm³/mol. The Bertz CT molecular complexity index is 708. The average Bonchev–Trinajstić information content (AvgIpc) is 3.04. The molecule has 5 heteroatoms. The number of ether oxygens (including phenoxy) is 1. The van der Waals surface area contributed by atoms with Crippen molar-refractivity contribution in [3.63, 3.8) is 0 Å². The van der Waals surface area contributed by atoms with Gasteiger partial charge in [0, 0.05) is 30.9 Å². The maximum atomic E-state index is 12.1. The van der Waals surface area contributed by atoms with E-state index < -0.39 is 5.60 Å². The Kier molecular flexibility index (Phi) is 4.93. The number of anilines is 1. The van der Waals surface area contributed by atoms with E-state index in [1.807, 2.05) is 51.2 Å². The third kappa shape index (κ3) is 4.72. The molecule has 0 unspecified atom stereocenters. The molecule has 0 saturated carbocycles. The zero-order valence-corrected chi connectivity index (χ0v) is 15.0. The summed E-state index contributed by atoms with van der Waals surface area (Å²) in [4.78, 5) is 18.4. The highest BCUT2D eigenvalue weighted by Gasteiger charge is 2.29.